The van der Waals surface area contributed by atoms with Crippen molar-refractivity contribution in [2.45, 2.75) is 25.5 Å². The van der Waals surface area contributed by atoms with Gasteiger partial charge in [-0.05, 0) is 12.0 Å². The molecule has 1 aromatic rings. The first-order valence-electron chi connectivity index (χ1n) is 6.68. The zero-order chi connectivity index (χ0) is 15.2. The van der Waals surface area contributed by atoms with Gasteiger partial charge in [0.2, 0.25) is 0 Å². The van der Waals surface area contributed by atoms with E-state index in [0.29, 0.717) is 0 Å². The predicted octanol–water partition coefficient (Wildman–Crippen LogP) is 1.53. The third-order valence-electron chi connectivity index (χ3n) is 3.33. The fourth-order valence-corrected chi connectivity index (χ4v) is 2.21. The van der Waals surface area contributed by atoms with Crippen molar-refractivity contribution in [1.29, 1.82) is 0 Å². The summed E-state index contributed by atoms with van der Waals surface area (Å²) < 4.78 is 9.84. The summed E-state index contributed by atoms with van der Waals surface area (Å²) in [5, 5.41) is 0. The van der Waals surface area contributed by atoms with Crippen LogP contribution in [-0.2, 0) is 25.7 Å². The first-order chi connectivity index (χ1) is 10.1. The molecule has 0 saturated carbocycles. The van der Waals surface area contributed by atoms with Gasteiger partial charge in [-0.15, -0.1) is 0 Å². The van der Waals surface area contributed by atoms with E-state index in [1.807, 2.05) is 30.3 Å². The number of esters is 1. The Bertz CT molecular complexity index is 528. The minimum atomic E-state index is -0.754. The number of amides is 1. The smallest absolute Gasteiger partial charge is 0.411 e. The van der Waals surface area contributed by atoms with Crippen LogP contribution in [0, 0.1) is 0 Å². The van der Waals surface area contributed by atoms with Crippen molar-refractivity contribution in [2.75, 3.05) is 13.7 Å². The van der Waals surface area contributed by atoms with Gasteiger partial charge in [0.25, 0.3) is 0 Å². The average Bonchev–Trinajstić information content (AvgIpc) is 2.52. The molecule has 1 amide bonds. The highest BCUT2D eigenvalue weighted by Crippen LogP contribution is 2.17. The number of nitrogens with zero attached hydrogens (tertiary/aromatic N) is 1. The Morgan fingerprint density at radius 2 is 2.00 bits per heavy atom. The molecule has 1 heterocycles. The maximum absolute atomic E-state index is 12.1. The highest BCUT2D eigenvalue weighted by atomic mass is 16.6. The normalized spacial score (nSPS) is 18.2. The van der Waals surface area contributed by atoms with Crippen LogP contribution in [0.1, 0.15) is 18.4 Å². The van der Waals surface area contributed by atoms with Crippen LogP contribution in [0.5, 0.6) is 0 Å². The Hall–Kier alpha value is -2.37. The number of ketones is 1. The van der Waals surface area contributed by atoms with Crippen LogP contribution in [0.2, 0.25) is 0 Å². The van der Waals surface area contributed by atoms with Crippen LogP contribution in [0.25, 0.3) is 0 Å². The summed E-state index contributed by atoms with van der Waals surface area (Å²) in [6.07, 6.45) is -0.143. The fourth-order valence-electron chi connectivity index (χ4n) is 2.21. The van der Waals surface area contributed by atoms with Gasteiger partial charge in [0.05, 0.1) is 13.7 Å². The molecule has 1 saturated heterocycles. The topological polar surface area (TPSA) is 72.9 Å². The van der Waals surface area contributed by atoms with Crippen molar-refractivity contribution in [3.8, 4) is 0 Å². The number of carbonyl (C=O) groups is 3. The molecule has 0 bridgehead atoms. The number of piperidine rings is 1. The van der Waals surface area contributed by atoms with Gasteiger partial charge in [0, 0.05) is 6.42 Å². The van der Waals surface area contributed by atoms with E-state index in [-0.39, 0.29) is 31.8 Å². The van der Waals surface area contributed by atoms with Crippen molar-refractivity contribution in [3.05, 3.63) is 35.9 Å². The van der Waals surface area contributed by atoms with E-state index >= 15 is 0 Å². The molecule has 0 aliphatic carbocycles. The average molecular weight is 291 g/mol. The zero-order valence-corrected chi connectivity index (χ0v) is 11.8. The van der Waals surface area contributed by atoms with Gasteiger partial charge >= 0.3 is 12.1 Å². The molecule has 6 nitrogen and oxygen atoms in total. The van der Waals surface area contributed by atoms with E-state index in [0.717, 1.165) is 10.5 Å². The maximum atomic E-state index is 12.1. The maximum Gasteiger partial charge on any atom is 0.411 e. The van der Waals surface area contributed by atoms with Crippen LogP contribution in [0.4, 0.5) is 4.79 Å². The van der Waals surface area contributed by atoms with Gasteiger partial charge < -0.3 is 9.47 Å². The number of rotatable bonds is 3. The van der Waals surface area contributed by atoms with Crippen LogP contribution in [-0.4, -0.2) is 42.4 Å². The van der Waals surface area contributed by atoms with Gasteiger partial charge in [0.15, 0.2) is 5.78 Å². The largest absolute Gasteiger partial charge is 0.467 e. The molecule has 1 atom stereocenters. The Balaban J connectivity index is 2.00. The number of ether oxygens (including phenoxy) is 2. The van der Waals surface area contributed by atoms with Gasteiger partial charge in [-0.1, -0.05) is 30.3 Å². The molecule has 0 radical (unpaired) electrons. The SMILES string of the molecule is COC(=O)C1CCC(=O)CN1C(=O)OCc1ccccc1. The van der Waals surface area contributed by atoms with Crippen molar-refractivity contribution < 1.29 is 23.9 Å². The second kappa shape index (κ2) is 6.88. The molecule has 1 unspecified atom stereocenters. The van der Waals surface area contributed by atoms with Gasteiger partial charge in [-0.25, -0.2) is 9.59 Å². The molecule has 0 spiro atoms. The van der Waals surface area contributed by atoms with Gasteiger partial charge in [0.1, 0.15) is 12.6 Å². The number of hydrogen-bond acceptors (Lipinski definition) is 5. The summed E-state index contributed by atoms with van der Waals surface area (Å²) in [5.41, 5.74) is 0.837. The summed E-state index contributed by atoms with van der Waals surface area (Å²) in [4.78, 5) is 36.4. The summed E-state index contributed by atoms with van der Waals surface area (Å²) in [7, 11) is 1.26. The highest BCUT2D eigenvalue weighted by molar-refractivity contribution is 5.90. The van der Waals surface area contributed by atoms with E-state index in [2.05, 4.69) is 4.74 Å². The third-order valence-corrected chi connectivity index (χ3v) is 3.33. The van der Waals surface area contributed by atoms with Crippen molar-refractivity contribution >= 4 is 17.8 Å². The Kier molecular flexibility index (Phi) is 4.92. The summed E-state index contributed by atoms with van der Waals surface area (Å²) in [6.45, 7) is -0.0222. The molecule has 1 aliphatic rings. The van der Waals surface area contributed by atoms with Gasteiger partial charge in [-0.3, -0.25) is 9.69 Å². The minimum absolute atomic E-state index is 0.0909. The molecule has 1 aromatic carbocycles. The third kappa shape index (κ3) is 3.81. The van der Waals surface area contributed by atoms with E-state index in [9.17, 15) is 14.4 Å². The molecule has 1 fully saturated rings. The first kappa shape index (κ1) is 15.0. The second-order valence-electron chi connectivity index (χ2n) is 4.78. The van der Waals surface area contributed by atoms with Crippen LogP contribution in [0.15, 0.2) is 30.3 Å². The summed E-state index contributed by atoms with van der Waals surface area (Å²) in [5.74, 6) is -0.619. The van der Waals surface area contributed by atoms with Crippen LogP contribution in [0.3, 0.4) is 0 Å². The van der Waals surface area contributed by atoms with Crippen molar-refractivity contribution in [1.82, 2.24) is 4.90 Å². The monoisotopic (exact) mass is 291 g/mol. The van der Waals surface area contributed by atoms with E-state index in [1.165, 1.54) is 7.11 Å². The molecular formula is C15H17NO5. The van der Waals surface area contributed by atoms with Crippen LogP contribution < -0.4 is 0 Å². The number of methoxy groups -OCH3 is 1. The van der Waals surface area contributed by atoms with E-state index in [4.69, 9.17) is 4.74 Å². The lowest BCUT2D eigenvalue weighted by atomic mass is 10.0. The molecule has 6 heteroatoms. The molecule has 21 heavy (non-hydrogen) atoms. The van der Waals surface area contributed by atoms with Crippen molar-refractivity contribution in [3.63, 3.8) is 0 Å². The number of hydrogen-bond donors (Lipinski definition) is 0. The molecular weight excluding hydrogens is 274 g/mol. The lowest BCUT2D eigenvalue weighted by molar-refractivity contribution is -0.148. The highest BCUT2D eigenvalue weighted by Gasteiger charge is 2.36. The van der Waals surface area contributed by atoms with Crippen molar-refractivity contribution in [2.24, 2.45) is 0 Å². The summed E-state index contributed by atoms with van der Waals surface area (Å²) >= 11 is 0. The lowest BCUT2D eigenvalue weighted by Crippen LogP contribution is -2.51. The number of Topliss-reactive ketones (excluding diaryl/α,β-unsaturated/α-hetero) is 1. The molecule has 0 aromatic heterocycles. The Morgan fingerprint density at radius 3 is 2.67 bits per heavy atom. The second-order valence-corrected chi connectivity index (χ2v) is 4.78. The fraction of sp³-hybridized carbons (Fsp3) is 0.400. The number of carbonyl (C=O) groups excluding carboxylic acids is 3. The quantitative estimate of drug-likeness (QED) is 0.790. The summed E-state index contributed by atoms with van der Waals surface area (Å²) in [6, 6.07) is 8.44. The Morgan fingerprint density at radius 1 is 1.29 bits per heavy atom. The lowest BCUT2D eigenvalue weighted by Gasteiger charge is -2.31. The molecule has 0 N–H and O–H groups in total. The van der Waals surface area contributed by atoms with E-state index in [1.54, 1.807) is 0 Å². The zero-order valence-electron chi connectivity index (χ0n) is 11.8. The predicted molar refractivity (Wildman–Crippen MR) is 73.4 cm³/mol. The molecule has 1 aliphatic heterocycles. The standard InChI is InChI=1S/C15H17NO5/c1-20-14(18)13-8-7-12(17)9-16(13)15(19)21-10-11-5-3-2-4-6-11/h2-6,13H,7-10H2,1H3. The number of benzene rings is 1. The molecule has 2 rings (SSSR count). The number of likely N-dealkylation sites (tertiary alicyclic amines) is 1. The van der Waals surface area contributed by atoms with Crippen LogP contribution >= 0.6 is 0 Å². The van der Waals surface area contributed by atoms with Gasteiger partial charge in [-0.2, -0.15) is 0 Å². The minimum Gasteiger partial charge on any atom is -0.467 e. The van der Waals surface area contributed by atoms with E-state index < -0.39 is 18.1 Å². The first-order valence-corrected chi connectivity index (χ1v) is 6.68. The molecule has 112 valence electrons. The Labute approximate surface area is 122 Å².